The molecular weight excluding hydrogens is 460 g/mol. The second kappa shape index (κ2) is 11.9. The average Bonchev–Trinajstić information content (AvgIpc) is 3.11. The Balaban J connectivity index is 2.06. The highest BCUT2D eigenvalue weighted by Crippen LogP contribution is 2.42. The van der Waals surface area contributed by atoms with Crippen LogP contribution in [-0.2, 0) is 9.59 Å². The van der Waals surface area contributed by atoms with Crippen LogP contribution in [0.2, 0.25) is 0 Å². The molecule has 0 saturated carbocycles. The van der Waals surface area contributed by atoms with Gasteiger partial charge in [-0.15, -0.1) is 0 Å². The molecule has 8 nitrogen and oxygen atoms in total. The molecule has 1 amide bonds. The zero-order valence-corrected chi connectivity index (χ0v) is 21.9. The van der Waals surface area contributed by atoms with Gasteiger partial charge < -0.3 is 29.1 Å². The number of benzene rings is 2. The van der Waals surface area contributed by atoms with Gasteiger partial charge in [0.2, 0.25) is 0 Å². The number of hydrogen-bond donors (Lipinski definition) is 1. The molecule has 1 saturated heterocycles. The van der Waals surface area contributed by atoms with Gasteiger partial charge in [0.05, 0.1) is 32.4 Å². The van der Waals surface area contributed by atoms with E-state index in [1.165, 1.54) is 12.0 Å². The molecule has 0 aliphatic carbocycles. The van der Waals surface area contributed by atoms with Crippen LogP contribution in [0.15, 0.2) is 48.0 Å². The maximum Gasteiger partial charge on any atom is 0.295 e. The highest BCUT2D eigenvalue weighted by molar-refractivity contribution is 6.46. The van der Waals surface area contributed by atoms with E-state index in [1.54, 1.807) is 49.6 Å². The molecule has 1 heterocycles. The van der Waals surface area contributed by atoms with E-state index in [9.17, 15) is 14.7 Å². The summed E-state index contributed by atoms with van der Waals surface area (Å²) in [6.45, 7) is 5.81. The summed E-state index contributed by atoms with van der Waals surface area (Å²) in [6, 6.07) is 11.4. The fourth-order valence-corrected chi connectivity index (χ4v) is 4.16. The van der Waals surface area contributed by atoms with Crippen molar-refractivity contribution in [3.05, 3.63) is 59.2 Å². The fraction of sp³-hybridized carbons (Fsp3) is 0.429. The lowest BCUT2D eigenvalue weighted by Gasteiger charge is -2.26. The zero-order chi connectivity index (χ0) is 26.4. The molecule has 1 N–H and O–H groups in total. The first-order valence-electron chi connectivity index (χ1n) is 12.1. The summed E-state index contributed by atoms with van der Waals surface area (Å²) < 4.78 is 16.5. The van der Waals surface area contributed by atoms with Gasteiger partial charge in [0, 0.05) is 12.1 Å². The summed E-state index contributed by atoms with van der Waals surface area (Å²) in [5.74, 6) is 0.482. The Morgan fingerprint density at radius 2 is 1.69 bits per heavy atom. The van der Waals surface area contributed by atoms with E-state index in [4.69, 9.17) is 14.2 Å². The molecule has 0 spiro atoms. The van der Waals surface area contributed by atoms with E-state index < -0.39 is 17.7 Å². The Labute approximate surface area is 213 Å². The molecule has 8 heteroatoms. The highest BCUT2D eigenvalue weighted by Gasteiger charge is 2.46. The van der Waals surface area contributed by atoms with Crippen LogP contribution in [0.5, 0.6) is 17.2 Å². The van der Waals surface area contributed by atoms with Crippen molar-refractivity contribution in [2.75, 3.05) is 48.0 Å². The summed E-state index contributed by atoms with van der Waals surface area (Å²) >= 11 is 0. The number of rotatable bonds is 11. The molecule has 0 bridgehead atoms. The van der Waals surface area contributed by atoms with Crippen LogP contribution in [-0.4, -0.2) is 74.6 Å². The summed E-state index contributed by atoms with van der Waals surface area (Å²) in [5.41, 5.74) is 1.13. The van der Waals surface area contributed by atoms with Gasteiger partial charge in [-0.1, -0.05) is 19.9 Å². The summed E-state index contributed by atoms with van der Waals surface area (Å²) in [6.07, 6.45) is 0.672. The maximum atomic E-state index is 13.2. The first-order chi connectivity index (χ1) is 17.2. The Hall–Kier alpha value is -3.52. The lowest BCUT2D eigenvalue weighted by Crippen LogP contribution is -2.32. The number of amides is 1. The van der Waals surface area contributed by atoms with Gasteiger partial charge in [0.15, 0.2) is 11.5 Å². The van der Waals surface area contributed by atoms with Gasteiger partial charge >= 0.3 is 0 Å². The van der Waals surface area contributed by atoms with Crippen molar-refractivity contribution in [1.29, 1.82) is 0 Å². The van der Waals surface area contributed by atoms with Gasteiger partial charge in [0.25, 0.3) is 11.7 Å². The molecular formula is C28H36N2O6. The number of aliphatic hydroxyl groups is 1. The monoisotopic (exact) mass is 496 g/mol. The minimum absolute atomic E-state index is 0.0490. The molecule has 194 valence electrons. The molecule has 1 aliphatic heterocycles. The Kier molecular flexibility index (Phi) is 8.98. The number of Topliss-reactive ketones (excluding diaryl/α,β-unsaturated/α-hetero) is 1. The lowest BCUT2D eigenvalue weighted by molar-refractivity contribution is -0.139. The smallest absolute Gasteiger partial charge is 0.295 e. The van der Waals surface area contributed by atoms with Crippen LogP contribution in [0, 0.1) is 5.92 Å². The zero-order valence-electron chi connectivity index (χ0n) is 21.9. The van der Waals surface area contributed by atoms with Gasteiger partial charge in [-0.3, -0.25) is 9.59 Å². The van der Waals surface area contributed by atoms with Crippen molar-refractivity contribution in [3.63, 3.8) is 0 Å². The molecule has 2 aromatic rings. The minimum Gasteiger partial charge on any atom is -0.507 e. The Bertz CT molecular complexity index is 1110. The normalized spacial score (nSPS) is 17.2. The van der Waals surface area contributed by atoms with E-state index in [0.717, 1.165) is 6.54 Å². The lowest BCUT2D eigenvalue weighted by atomic mass is 9.95. The third kappa shape index (κ3) is 5.99. The van der Waals surface area contributed by atoms with Gasteiger partial charge in [-0.25, -0.2) is 0 Å². The molecule has 0 unspecified atom stereocenters. The number of carbonyl (C=O) groups excluding carboxylic acids is 2. The average molecular weight is 497 g/mol. The Morgan fingerprint density at radius 3 is 2.28 bits per heavy atom. The summed E-state index contributed by atoms with van der Waals surface area (Å²) in [4.78, 5) is 29.9. The van der Waals surface area contributed by atoms with Crippen molar-refractivity contribution < 1.29 is 28.9 Å². The number of nitrogens with zero attached hydrogens (tertiary/aromatic N) is 2. The van der Waals surface area contributed by atoms with Crippen LogP contribution in [0.1, 0.15) is 37.4 Å². The number of carbonyl (C=O) groups is 2. The van der Waals surface area contributed by atoms with Crippen molar-refractivity contribution in [2.24, 2.45) is 5.92 Å². The van der Waals surface area contributed by atoms with Gasteiger partial charge in [-0.2, -0.15) is 0 Å². The highest BCUT2D eigenvalue weighted by atomic mass is 16.5. The van der Waals surface area contributed by atoms with Crippen molar-refractivity contribution in [1.82, 2.24) is 9.80 Å². The third-order valence-corrected chi connectivity index (χ3v) is 5.98. The molecule has 1 aliphatic rings. The molecule has 0 radical (unpaired) electrons. The second-order valence-corrected chi connectivity index (χ2v) is 9.49. The van der Waals surface area contributed by atoms with Crippen LogP contribution >= 0.6 is 0 Å². The van der Waals surface area contributed by atoms with E-state index >= 15 is 0 Å². The van der Waals surface area contributed by atoms with Crippen molar-refractivity contribution in [3.8, 4) is 17.2 Å². The molecule has 0 aromatic heterocycles. The number of ketones is 1. The van der Waals surface area contributed by atoms with Crippen LogP contribution in [0.4, 0.5) is 0 Å². The fourth-order valence-electron chi connectivity index (χ4n) is 4.16. The molecule has 1 fully saturated rings. The standard InChI is InChI=1S/C28H36N2O6/c1-18(2)17-36-21-11-8-19(9-12-21)26(31)24-25(20-10-13-22(34-5)23(16-20)35-6)30(28(33)27(24)32)15-7-14-29(3)4/h8-13,16,18,25,31H,7,14-15,17H2,1-6H3/t25-/m0/s1. The minimum atomic E-state index is -0.760. The number of likely N-dealkylation sites (tertiary alicyclic amines) is 1. The van der Waals surface area contributed by atoms with E-state index in [0.29, 0.717) is 53.9 Å². The molecule has 1 atom stereocenters. The van der Waals surface area contributed by atoms with Crippen LogP contribution < -0.4 is 14.2 Å². The number of hydrogen-bond acceptors (Lipinski definition) is 7. The van der Waals surface area contributed by atoms with Crippen LogP contribution in [0.3, 0.4) is 0 Å². The maximum absolute atomic E-state index is 13.2. The predicted molar refractivity (Wildman–Crippen MR) is 139 cm³/mol. The molecule has 2 aromatic carbocycles. The first kappa shape index (κ1) is 27.1. The van der Waals surface area contributed by atoms with E-state index in [1.807, 2.05) is 19.0 Å². The second-order valence-electron chi connectivity index (χ2n) is 9.49. The summed E-state index contributed by atoms with van der Waals surface area (Å²) in [5, 5.41) is 11.3. The Morgan fingerprint density at radius 1 is 1.03 bits per heavy atom. The topological polar surface area (TPSA) is 88.5 Å². The van der Waals surface area contributed by atoms with Gasteiger partial charge in [-0.05, 0) is 74.9 Å². The first-order valence-corrected chi connectivity index (χ1v) is 12.1. The van der Waals surface area contributed by atoms with Crippen molar-refractivity contribution in [2.45, 2.75) is 26.3 Å². The molecule has 3 rings (SSSR count). The predicted octanol–water partition coefficient (Wildman–Crippen LogP) is 4.11. The summed E-state index contributed by atoms with van der Waals surface area (Å²) in [7, 11) is 6.97. The number of ether oxygens (including phenoxy) is 3. The van der Waals surface area contributed by atoms with Gasteiger partial charge in [0.1, 0.15) is 11.5 Å². The number of methoxy groups -OCH3 is 2. The van der Waals surface area contributed by atoms with E-state index in [-0.39, 0.29) is 11.3 Å². The number of aliphatic hydroxyl groups excluding tert-OH is 1. The van der Waals surface area contributed by atoms with Crippen LogP contribution in [0.25, 0.3) is 5.76 Å². The SMILES string of the molecule is COc1ccc([C@H]2C(=C(O)c3ccc(OCC(C)C)cc3)C(=O)C(=O)N2CCCN(C)C)cc1OC. The van der Waals surface area contributed by atoms with E-state index in [2.05, 4.69) is 13.8 Å². The van der Waals surface area contributed by atoms with Crippen molar-refractivity contribution >= 4 is 17.4 Å². The largest absolute Gasteiger partial charge is 0.507 e. The quantitative estimate of drug-likeness (QED) is 0.285. The molecule has 36 heavy (non-hydrogen) atoms. The third-order valence-electron chi connectivity index (χ3n) is 5.98.